The minimum absolute atomic E-state index is 0.161. The van der Waals surface area contributed by atoms with E-state index in [4.69, 9.17) is 5.73 Å². The van der Waals surface area contributed by atoms with Gasteiger partial charge in [0.2, 0.25) is 0 Å². The molecule has 1 unspecified atom stereocenters. The molecule has 1 fully saturated rings. The van der Waals surface area contributed by atoms with Gasteiger partial charge in [-0.05, 0) is 25.9 Å². The molecule has 0 spiro atoms. The highest BCUT2D eigenvalue weighted by atomic mass is 16.1. The zero-order valence-corrected chi connectivity index (χ0v) is 9.36. The van der Waals surface area contributed by atoms with E-state index in [0.29, 0.717) is 11.7 Å². The molecule has 1 aliphatic rings. The summed E-state index contributed by atoms with van der Waals surface area (Å²) in [5.74, 6) is 1.09. The van der Waals surface area contributed by atoms with Crippen LogP contribution >= 0.6 is 0 Å². The number of nitrogens with one attached hydrogen (secondary N) is 2. The molecule has 0 amide bonds. The molecule has 16 heavy (non-hydrogen) atoms. The Balaban J connectivity index is 1.95. The molecule has 2 heterocycles. The second kappa shape index (κ2) is 4.52. The van der Waals surface area contributed by atoms with Crippen LogP contribution in [0.1, 0.15) is 6.42 Å². The van der Waals surface area contributed by atoms with Gasteiger partial charge in [-0.2, -0.15) is 0 Å². The van der Waals surface area contributed by atoms with Gasteiger partial charge < -0.3 is 20.9 Å². The Kier molecular flexibility index (Phi) is 3.09. The van der Waals surface area contributed by atoms with E-state index in [0.717, 1.165) is 19.6 Å². The van der Waals surface area contributed by atoms with Gasteiger partial charge in [-0.25, -0.2) is 4.98 Å². The summed E-state index contributed by atoms with van der Waals surface area (Å²) < 4.78 is 0. The summed E-state index contributed by atoms with van der Waals surface area (Å²) in [6, 6.07) is 0. The van der Waals surface area contributed by atoms with Crippen molar-refractivity contribution in [1.82, 2.24) is 14.9 Å². The van der Waals surface area contributed by atoms with Gasteiger partial charge >= 0.3 is 0 Å². The fourth-order valence-electron chi connectivity index (χ4n) is 1.99. The third-order valence-corrected chi connectivity index (χ3v) is 2.94. The first-order valence-electron chi connectivity index (χ1n) is 5.42. The highest BCUT2D eigenvalue weighted by Crippen LogP contribution is 2.15. The zero-order chi connectivity index (χ0) is 11.5. The predicted molar refractivity (Wildman–Crippen MR) is 63.4 cm³/mol. The summed E-state index contributed by atoms with van der Waals surface area (Å²) in [5, 5.41) is 3.13. The molecular weight excluding hydrogens is 206 g/mol. The van der Waals surface area contributed by atoms with Crippen LogP contribution < -0.4 is 16.6 Å². The van der Waals surface area contributed by atoms with Crippen LogP contribution in [0, 0.1) is 5.92 Å². The van der Waals surface area contributed by atoms with Gasteiger partial charge in [0, 0.05) is 13.1 Å². The number of nitrogens with zero attached hydrogens (tertiary/aromatic N) is 2. The normalized spacial score (nSPS) is 21.2. The van der Waals surface area contributed by atoms with E-state index in [1.807, 2.05) is 0 Å². The van der Waals surface area contributed by atoms with Crippen molar-refractivity contribution in [3.63, 3.8) is 0 Å². The van der Waals surface area contributed by atoms with Crippen molar-refractivity contribution < 1.29 is 0 Å². The molecule has 6 heteroatoms. The summed E-state index contributed by atoms with van der Waals surface area (Å²) in [6.45, 7) is 3.02. The highest BCUT2D eigenvalue weighted by Gasteiger charge is 2.19. The summed E-state index contributed by atoms with van der Waals surface area (Å²) >= 11 is 0. The van der Waals surface area contributed by atoms with Gasteiger partial charge in [0.1, 0.15) is 5.69 Å². The van der Waals surface area contributed by atoms with Gasteiger partial charge in [0.05, 0.1) is 6.33 Å². The Bertz CT molecular complexity index is 416. The molecule has 0 radical (unpaired) electrons. The lowest BCUT2D eigenvalue weighted by Gasteiger charge is -2.12. The number of nitrogens with two attached hydrogens (primary N) is 1. The lowest BCUT2D eigenvalue weighted by atomic mass is 10.1. The quantitative estimate of drug-likeness (QED) is 0.656. The first-order chi connectivity index (χ1) is 7.66. The Morgan fingerprint density at radius 1 is 1.75 bits per heavy atom. The minimum atomic E-state index is -0.291. The van der Waals surface area contributed by atoms with E-state index in [1.165, 1.54) is 12.7 Å². The van der Waals surface area contributed by atoms with Crippen LogP contribution in [0.15, 0.2) is 11.1 Å². The van der Waals surface area contributed by atoms with Gasteiger partial charge in [-0.3, -0.25) is 4.79 Å². The van der Waals surface area contributed by atoms with Crippen molar-refractivity contribution in [2.24, 2.45) is 5.92 Å². The van der Waals surface area contributed by atoms with E-state index >= 15 is 0 Å². The minimum Gasteiger partial charge on any atom is -0.391 e. The molecule has 88 valence electrons. The van der Waals surface area contributed by atoms with Crippen LogP contribution in [0.3, 0.4) is 0 Å². The van der Waals surface area contributed by atoms with Crippen molar-refractivity contribution >= 4 is 11.5 Å². The molecule has 1 saturated heterocycles. The third kappa shape index (κ3) is 2.33. The number of aromatic nitrogens is 2. The summed E-state index contributed by atoms with van der Waals surface area (Å²) in [4.78, 5) is 20.0. The van der Waals surface area contributed by atoms with E-state index in [9.17, 15) is 4.79 Å². The summed E-state index contributed by atoms with van der Waals surface area (Å²) in [7, 11) is 2.11. The number of rotatable bonds is 3. The summed E-state index contributed by atoms with van der Waals surface area (Å²) in [6.07, 6.45) is 2.54. The molecule has 0 bridgehead atoms. The number of aromatic amines is 1. The average molecular weight is 223 g/mol. The molecule has 1 aromatic heterocycles. The molecule has 0 aliphatic carbocycles. The second-order valence-electron chi connectivity index (χ2n) is 4.29. The second-order valence-corrected chi connectivity index (χ2v) is 4.29. The van der Waals surface area contributed by atoms with E-state index < -0.39 is 0 Å². The fourth-order valence-corrected chi connectivity index (χ4v) is 1.99. The fraction of sp³-hybridized carbons (Fsp3) is 0.600. The third-order valence-electron chi connectivity index (χ3n) is 2.94. The largest absolute Gasteiger partial charge is 0.391 e. The number of hydrogen-bond acceptors (Lipinski definition) is 5. The smallest absolute Gasteiger partial charge is 0.276 e. The number of likely N-dealkylation sites (tertiary alicyclic amines) is 1. The van der Waals surface area contributed by atoms with Crippen LogP contribution in [-0.2, 0) is 0 Å². The molecular formula is C10H17N5O. The molecule has 4 N–H and O–H groups in total. The van der Waals surface area contributed by atoms with Gasteiger partial charge in [0.15, 0.2) is 5.82 Å². The standard InChI is InChI=1S/C10H17N5O/c1-15-3-2-7(5-15)4-12-9-8(11)10(16)14-6-13-9/h6-7H,2-5,11H2,1H3,(H2,12,13,14,16). The Hall–Kier alpha value is -1.56. The first kappa shape index (κ1) is 10.9. The molecule has 1 atom stereocenters. The Labute approximate surface area is 93.9 Å². The first-order valence-corrected chi connectivity index (χ1v) is 5.42. The molecule has 0 aromatic carbocycles. The van der Waals surface area contributed by atoms with Gasteiger partial charge in [0.25, 0.3) is 5.56 Å². The maximum absolute atomic E-state index is 11.2. The van der Waals surface area contributed by atoms with Crippen LogP contribution in [0.25, 0.3) is 0 Å². The van der Waals surface area contributed by atoms with E-state index in [2.05, 4.69) is 27.2 Å². The van der Waals surface area contributed by atoms with Crippen molar-refractivity contribution in [3.05, 3.63) is 16.7 Å². The van der Waals surface area contributed by atoms with E-state index in [-0.39, 0.29) is 11.2 Å². The lowest BCUT2D eigenvalue weighted by Crippen LogP contribution is -2.22. The van der Waals surface area contributed by atoms with Crippen molar-refractivity contribution in [2.75, 3.05) is 37.7 Å². The highest BCUT2D eigenvalue weighted by molar-refractivity contribution is 5.58. The number of H-pyrrole nitrogens is 1. The number of nitrogen functional groups attached to an aromatic ring is 1. The van der Waals surface area contributed by atoms with Crippen molar-refractivity contribution in [3.8, 4) is 0 Å². The van der Waals surface area contributed by atoms with Crippen LogP contribution in [0.2, 0.25) is 0 Å². The van der Waals surface area contributed by atoms with Crippen molar-refractivity contribution in [2.45, 2.75) is 6.42 Å². The maximum atomic E-state index is 11.2. The number of hydrogen-bond donors (Lipinski definition) is 3. The lowest BCUT2D eigenvalue weighted by molar-refractivity contribution is 0.399. The van der Waals surface area contributed by atoms with Gasteiger partial charge in [-0.1, -0.05) is 0 Å². The summed E-state index contributed by atoms with van der Waals surface area (Å²) in [5.41, 5.74) is 5.49. The monoisotopic (exact) mass is 223 g/mol. The van der Waals surface area contributed by atoms with Gasteiger partial charge in [-0.15, -0.1) is 0 Å². The number of anilines is 2. The molecule has 2 rings (SSSR count). The van der Waals surface area contributed by atoms with Crippen LogP contribution in [-0.4, -0.2) is 41.5 Å². The van der Waals surface area contributed by atoms with Crippen molar-refractivity contribution in [1.29, 1.82) is 0 Å². The van der Waals surface area contributed by atoms with Crippen LogP contribution in [0.4, 0.5) is 11.5 Å². The zero-order valence-electron chi connectivity index (χ0n) is 9.36. The SMILES string of the molecule is CN1CCC(CNc2nc[nH]c(=O)c2N)C1. The van der Waals surface area contributed by atoms with E-state index in [1.54, 1.807) is 0 Å². The Morgan fingerprint density at radius 2 is 2.56 bits per heavy atom. The Morgan fingerprint density at radius 3 is 3.25 bits per heavy atom. The molecule has 1 aliphatic heterocycles. The molecule has 6 nitrogen and oxygen atoms in total. The van der Waals surface area contributed by atoms with Crippen LogP contribution in [0.5, 0.6) is 0 Å². The average Bonchev–Trinajstić information content (AvgIpc) is 2.67. The molecule has 0 saturated carbocycles. The maximum Gasteiger partial charge on any atom is 0.276 e. The predicted octanol–water partition coefficient (Wildman–Crippen LogP) is -0.284. The molecule has 1 aromatic rings. The topological polar surface area (TPSA) is 87.0 Å².